The third-order valence-corrected chi connectivity index (χ3v) is 4.75. The maximum absolute atomic E-state index is 11.8. The smallest absolute Gasteiger partial charge is 0.321 e. The molecule has 19 heavy (non-hydrogen) atoms. The Morgan fingerprint density at radius 3 is 2.63 bits per heavy atom. The van der Waals surface area contributed by atoms with Gasteiger partial charge in [-0.1, -0.05) is 0 Å². The number of aliphatic carboxylic acids is 1. The Bertz CT molecular complexity index is 578. The Balaban J connectivity index is 2.91. The van der Waals surface area contributed by atoms with Crippen molar-refractivity contribution in [3.8, 4) is 0 Å². The topological polar surface area (TPSA) is 113 Å². The highest BCUT2D eigenvalue weighted by molar-refractivity contribution is 7.89. The summed E-state index contributed by atoms with van der Waals surface area (Å²) in [5, 5.41) is 12.5. The first kappa shape index (κ1) is 15.6. The summed E-state index contributed by atoms with van der Waals surface area (Å²) in [5.74, 6) is -1.64. The molecule has 0 aliphatic carbocycles. The molecule has 1 atom stereocenters. The van der Waals surface area contributed by atoms with Crippen molar-refractivity contribution >= 4 is 33.2 Å². The zero-order chi connectivity index (χ0) is 14.6. The van der Waals surface area contributed by atoms with Crippen LogP contribution in [-0.4, -0.2) is 38.0 Å². The van der Waals surface area contributed by atoms with Crippen molar-refractivity contribution < 1.29 is 23.1 Å². The fourth-order valence-corrected chi connectivity index (χ4v) is 3.56. The molecule has 3 N–H and O–H groups in total. The highest BCUT2D eigenvalue weighted by Gasteiger charge is 2.23. The Labute approximate surface area is 114 Å². The maximum Gasteiger partial charge on any atom is 0.321 e. The molecular formula is C10H14N2O5S2. The fourth-order valence-electron chi connectivity index (χ4n) is 1.18. The van der Waals surface area contributed by atoms with E-state index >= 15 is 0 Å². The van der Waals surface area contributed by atoms with Crippen molar-refractivity contribution in [1.29, 1.82) is 0 Å². The second-order valence-electron chi connectivity index (χ2n) is 3.69. The first-order valence-corrected chi connectivity index (χ1v) is 7.76. The van der Waals surface area contributed by atoms with Crippen LogP contribution in [0.4, 0.5) is 0 Å². The van der Waals surface area contributed by atoms with E-state index in [0.29, 0.717) is 6.54 Å². The zero-order valence-corrected chi connectivity index (χ0v) is 12.0. The van der Waals surface area contributed by atoms with Gasteiger partial charge in [0.15, 0.2) is 0 Å². The van der Waals surface area contributed by atoms with Crippen molar-refractivity contribution in [3.63, 3.8) is 0 Å². The van der Waals surface area contributed by atoms with E-state index in [1.807, 2.05) is 4.72 Å². The number of carboxylic acid groups (broad SMARTS) is 1. The molecule has 0 aromatic carbocycles. The van der Waals surface area contributed by atoms with Crippen LogP contribution in [0.1, 0.15) is 23.5 Å². The molecule has 7 nitrogen and oxygen atoms in total. The molecule has 0 radical (unpaired) electrons. The Morgan fingerprint density at radius 2 is 2.11 bits per heavy atom. The van der Waals surface area contributed by atoms with Crippen LogP contribution in [0.3, 0.4) is 0 Å². The lowest BCUT2D eigenvalue weighted by atomic mass is 10.4. The van der Waals surface area contributed by atoms with Gasteiger partial charge in [-0.25, -0.2) is 8.42 Å². The van der Waals surface area contributed by atoms with E-state index in [9.17, 15) is 18.0 Å². The number of carbonyl (C=O) groups is 2. The number of nitrogens with one attached hydrogen (secondary N) is 2. The zero-order valence-electron chi connectivity index (χ0n) is 10.3. The Morgan fingerprint density at radius 1 is 1.47 bits per heavy atom. The van der Waals surface area contributed by atoms with Gasteiger partial charge in [0.1, 0.15) is 6.04 Å². The van der Waals surface area contributed by atoms with E-state index in [1.165, 1.54) is 18.4 Å². The molecule has 0 unspecified atom stereocenters. The third-order valence-electron chi connectivity index (χ3n) is 2.15. The minimum Gasteiger partial charge on any atom is -0.480 e. The lowest BCUT2D eigenvalue weighted by Crippen LogP contribution is -2.38. The lowest BCUT2D eigenvalue weighted by Gasteiger charge is -2.08. The largest absolute Gasteiger partial charge is 0.480 e. The van der Waals surface area contributed by atoms with E-state index in [0.717, 1.165) is 11.3 Å². The number of thiophene rings is 1. The van der Waals surface area contributed by atoms with Crippen LogP contribution >= 0.6 is 11.3 Å². The van der Waals surface area contributed by atoms with E-state index in [-0.39, 0.29) is 15.7 Å². The molecule has 0 saturated heterocycles. The predicted molar refractivity (Wildman–Crippen MR) is 69.7 cm³/mol. The van der Waals surface area contributed by atoms with Crippen molar-refractivity contribution in [2.75, 3.05) is 6.54 Å². The molecule has 106 valence electrons. The first-order chi connectivity index (χ1) is 8.77. The van der Waals surface area contributed by atoms with Crippen LogP contribution in [0.2, 0.25) is 0 Å². The number of amides is 1. The molecular weight excluding hydrogens is 292 g/mol. The Kier molecular flexibility index (Phi) is 5.04. The van der Waals surface area contributed by atoms with Gasteiger partial charge in [0.2, 0.25) is 10.0 Å². The molecule has 0 bridgehead atoms. The number of carboxylic acids is 1. The number of hydrogen-bond donors (Lipinski definition) is 3. The van der Waals surface area contributed by atoms with Crippen LogP contribution in [-0.2, 0) is 14.8 Å². The molecule has 1 heterocycles. The van der Waals surface area contributed by atoms with Gasteiger partial charge >= 0.3 is 5.97 Å². The molecule has 1 rings (SSSR count). The van der Waals surface area contributed by atoms with Crippen molar-refractivity contribution in [1.82, 2.24) is 10.0 Å². The fraction of sp³-hybridized carbons (Fsp3) is 0.400. The van der Waals surface area contributed by atoms with Gasteiger partial charge in [0.25, 0.3) is 5.91 Å². The average molecular weight is 306 g/mol. The molecule has 1 aromatic heterocycles. The second-order valence-corrected chi connectivity index (χ2v) is 6.31. The lowest BCUT2D eigenvalue weighted by molar-refractivity contribution is -0.138. The van der Waals surface area contributed by atoms with E-state index in [4.69, 9.17) is 5.11 Å². The highest BCUT2D eigenvalue weighted by Crippen LogP contribution is 2.19. The average Bonchev–Trinajstić information content (AvgIpc) is 2.78. The predicted octanol–water partition coefficient (Wildman–Crippen LogP) is 0.249. The third kappa shape index (κ3) is 4.01. The van der Waals surface area contributed by atoms with E-state index in [2.05, 4.69) is 5.32 Å². The van der Waals surface area contributed by atoms with Crippen molar-refractivity contribution in [2.45, 2.75) is 24.8 Å². The Hall–Kier alpha value is -1.45. The second kappa shape index (κ2) is 6.13. The van der Waals surface area contributed by atoms with Gasteiger partial charge < -0.3 is 10.4 Å². The summed E-state index contributed by atoms with van der Waals surface area (Å²) in [6.07, 6.45) is 0. The molecule has 0 saturated carbocycles. The van der Waals surface area contributed by atoms with Gasteiger partial charge in [0.05, 0.1) is 9.77 Å². The van der Waals surface area contributed by atoms with Crippen LogP contribution in [0.25, 0.3) is 0 Å². The summed E-state index contributed by atoms with van der Waals surface area (Å²) in [6.45, 7) is 3.41. The first-order valence-electron chi connectivity index (χ1n) is 5.39. The number of sulfonamides is 1. The summed E-state index contributed by atoms with van der Waals surface area (Å²) in [4.78, 5) is 22.3. The van der Waals surface area contributed by atoms with Crippen LogP contribution in [0.5, 0.6) is 0 Å². The van der Waals surface area contributed by atoms with Crippen molar-refractivity contribution in [2.24, 2.45) is 0 Å². The van der Waals surface area contributed by atoms with Crippen LogP contribution < -0.4 is 10.0 Å². The normalized spacial score (nSPS) is 12.9. The summed E-state index contributed by atoms with van der Waals surface area (Å²) in [6, 6.07) is -0.0233. The summed E-state index contributed by atoms with van der Waals surface area (Å²) < 4.78 is 25.7. The molecule has 0 fully saturated rings. The molecule has 0 aliphatic heterocycles. The highest BCUT2D eigenvalue weighted by atomic mass is 32.2. The summed E-state index contributed by atoms with van der Waals surface area (Å²) >= 11 is 0.981. The minimum atomic E-state index is -3.93. The summed E-state index contributed by atoms with van der Waals surface area (Å²) in [5.41, 5.74) is 0. The number of rotatable bonds is 6. The minimum absolute atomic E-state index is 0.119. The van der Waals surface area contributed by atoms with Gasteiger partial charge in [-0.2, -0.15) is 4.72 Å². The van der Waals surface area contributed by atoms with Gasteiger partial charge in [-0.15, -0.1) is 11.3 Å². The van der Waals surface area contributed by atoms with Crippen molar-refractivity contribution in [3.05, 3.63) is 16.3 Å². The van der Waals surface area contributed by atoms with Crippen LogP contribution in [0, 0.1) is 0 Å². The van der Waals surface area contributed by atoms with Gasteiger partial charge in [-0.05, 0) is 19.9 Å². The van der Waals surface area contributed by atoms with Gasteiger partial charge in [0, 0.05) is 11.9 Å². The standard InChI is InChI=1S/C10H14N2O5S2/c1-3-11-9(13)8-4-7(5-18-8)19(16,17)12-6(2)10(14)15/h4-6,12H,3H2,1-2H3,(H,11,13)(H,14,15)/t6-/m1/s1. The van der Waals surface area contributed by atoms with E-state index in [1.54, 1.807) is 6.92 Å². The molecule has 0 spiro atoms. The number of hydrogen-bond acceptors (Lipinski definition) is 5. The number of carbonyl (C=O) groups excluding carboxylic acids is 1. The molecule has 1 aromatic rings. The molecule has 1 amide bonds. The monoisotopic (exact) mass is 306 g/mol. The van der Waals surface area contributed by atoms with E-state index < -0.39 is 22.0 Å². The quantitative estimate of drug-likeness (QED) is 0.697. The summed E-state index contributed by atoms with van der Waals surface area (Å²) in [7, 11) is -3.93. The van der Waals surface area contributed by atoms with Crippen LogP contribution in [0.15, 0.2) is 16.3 Å². The molecule has 9 heteroatoms. The SMILES string of the molecule is CCNC(=O)c1cc(S(=O)(=O)N[C@H](C)C(=O)O)cs1. The van der Waals surface area contributed by atoms with Gasteiger partial charge in [-0.3, -0.25) is 9.59 Å². The maximum atomic E-state index is 11.8. The molecule has 0 aliphatic rings.